The van der Waals surface area contributed by atoms with Gasteiger partial charge in [0.2, 0.25) is 0 Å². The molecule has 1 aliphatic rings. The smallest absolute Gasteiger partial charge is 0.0814 e. The number of thiophene rings is 1. The van der Waals surface area contributed by atoms with Crippen molar-refractivity contribution >= 4 is 11.3 Å². The fraction of sp³-hybridized carbons (Fsp3) is 0.400. The monoisotopic (exact) mass is 193 g/mol. The summed E-state index contributed by atoms with van der Waals surface area (Å²) in [6.07, 6.45) is -0.299. The maximum absolute atomic E-state index is 9.46. The van der Waals surface area contributed by atoms with Gasteiger partial charge in [-0.25, -0.2) is 0 Å². The van der Waals surface area contributed by atoms with Gasteiger partial charge < -0.3 is 10.4 Å². The molecular weight excluding hydrogens is 182 g/mol. The summed E-state index contributed by atoms with van der Waals surface area (Å²) in [5, 5.41) is 14.6. The van der Waals surface area contributed by atoms with Crippen LogP contribution in [0.3, 0.4) is 0 Å². The van der Waals surface area contributed by atoms with Crippen LogP contribution in [0.1, 0.15) is 4.88 Å². The Morgan fingerprint density at radius 3 is 3.08 bits per heavy atom. The van der Waals surface area contributed by atoms with Crippen LogP contribution in [0.15, 0.2) is 17.5 Å². The molecular formula is C10H11NOS. The van der Waals surface area contributed by atoms with E-state index < -0.39 is 0 Å². The first kappa shape index (κ1) is 8.76. The molecule has 0 spiro atoms. The first-order chi connectivity index (χ1) is 6.36. The maximum atomic E-state index is 9.46. The molecule has 0 bridgehead atoms. The largest absolute Gasteiger partial charge is 0.390 e. The van der Waals surface area contributed by atoms with E-state index in [0.29, 0.717) is 6.54 Å². The second-order valence-electron chi connectivity index (χ2n) is 3.08. The van der Waals surface area contributed by atoms with Crippen LogP contribution in [0.5, 0.6) is 0 Å². The lowest BCUT2D eigenvalue weighted by atomic mass is 10.1. The van der Waals surface area contributed by atoms with Crippen LogP contribution in [0, 0.1) is 17.8 Å². The molecule has 2 atom stereocenters. The number of hydrogen-bond donors (Lipinski definition) is 2. The van der Waals surface area contributed by atoms with Crippen molar-refractivity contribution in [2.24, 2.45) is 5.92 Å². The Hall–Kier alpha value is -0.820. The van der Waals surface area contributed by atoms with E-state index in [0.717, 1.165) is 11.4 Å². The standard InChI is InChI=1S/C10H11NOS/c12-10-7-11-6-8(10)3-4-9-2-1-5-13-9/h1-2,5,8,10-12H,6-7H2/t8-,10-/m1/s1. The van der Waals surface area contributed by atoms with Crippen molar-refractivity contribution in [3.63, 3.8) is 0 Å². The van der Waals surface area contributed by atoms with Gasteiger partial charge in [-0.2, -0.15) is 0 Å². The molecule has 68 valence electrons. The average molecular weight is 193 g/mol. The van der Waals surface area contributed by atoms with Crippen molar-refractivity contribution in [2.45, 2.75) is 6.10 Å². The molecule has 1 aromatic heterocycles. The summed E-state index contributed by atoms with van der Waals surface area (Å²) in [7, 11) is 0. The first-order valence-corrected chi connectivity index (χ1v) is 5.18. The van der Waals surface area contributed by atoms with Crippen molar-refractivity contribution < 1.29 is 5.11 Å². The molecule has 1 aromatic rings. The Morgan fingerprint density at radius 1 is 1.54 bits per heavy atom. The summed E-state index contributed by atoms with van der Waals surface area (Å²) in [6, 6.07) is 3.98. The summed E-state index contributed by atoms with van der Waals surface area (Å²) in [5.41, 5.74) is 0. The first-order valence-electron chi connectivity index (χ1n) is 4.30. The minimum absolute atomic E-state index is 0.0992. The van der Waals surface area contributed by atoms with E-state index in [-0.39, 0.29) is 12.0 Å². The van der Waals surface area contributed by atoms with E-state index in [1.165, 1.54) is 0 Å². The van der Waals surface area contributed by atoms with Gasteiger partial charge in [-0.3, -0.25) is 0 Å². The highest BCUT2D eigenvalue weighted by Gasteiger charge is 2.22. The van der Waals surface area contributed by atoms with Crippen LogP contribution < -0.4 is 5.32 Å². The Balaban J connectivity index is 2.04. The molecule has 1 saturated heterocycles. The van der Waals surface area contributed by atoms with Gasteiger partial charge in [0, 0.05) is 13.1 Å². The lowest BCUT2D eigenvalue weighted by molar-refractivity contribution is 0.171. The minimum Gasteiger partial charge on any atom is -0.390 e. The van der Waals surface area contributed by atoms with E-state index in [1.54, 1.807) is 11.3 Å². The highest BCUT2D eigenvalue weighted by molar-refractivity contribution is 7.10. The van der Waals surface area contributed by atoms with Crippen molar-refractivity contribution in [1.29, 1.82) is 0 Å². The van der Waals surface area contributed by atoms with Gasteiger partial charge >= 0.3 is 0 Å². The van der Waals surface area contributed by atoms with Crippen LogP contribution in [-0.2, 0) is 0 Å². The zero-order valence-corrected chi connectivity index (χ0v) is 7.97. The van der Waals surface area contributed by atoms with Crippen LogP contribution >= 0.6 is 11.3 Å². The summed E-state index contributed by atoms with van der Waals surface area (Å²) in [4.78, 5) is 1.07. The van der Waals surface area contributed by atoms with Crippen molar-refractivity contribution in [3.05, 3.63) is 22.4 Å². The fourth-order valence-corrected chi connectivity index (χ4v) is 1.90. The van der Waals surface area contributed by atoms with Gasteiger partial charge in [-0.1, -0.05) is 17.9 Å². The summed E-state index contributed by atoms with van der Waals surface area (Å²) in [5.74, 6) is 6.25. The molecule has 0 aliphatic carbocycles. The summed E-state index contributed by atoms with van der Waals surface area (Å²) in [6.45, 7) is 1.48. The SMILES string of the molecule is O[C@@H]1CNC[C@H]1C#Cc1cccs1. The third-order valence-electron chi connectivity index (χ3n) is 2.08. The van der Waals surface area contributed by atoms with E-state index in [1.807, 2.05) is 17.5 Å². The van der Waals surface area contributed by atoms with Gasteiger partial charge in [-0.05, 0) is 11.4 Å². The molecule has 1 aliphatic heterocycles. The fourth-order valence-electron chi connectivity index (χ4n) is 1.33. The van der Waals surface area contributed by atoms with Crippen molar-refractivity contribution in [1.82, 2.24) is 5.32 Å². The molecule has 2 rings (SSSR count). The molecule has 2 nitrogen and oxygen atoms in total. The highest BCUT2D eigenvalue weighted by Crippen LogP contribution is 2.09. The Labute approximate surface area is 81.6 Å². The van der Waals surface area contributed by atoms with Gasteiger partial charge in [0.05, 0.1) is 16.9 Å². The van der Waals surface area contributed by atoms with Gasteiger partial charge in [-0.15, -0.1) is 11.3 Å². The number of nitrogens with one attached hydrogen (secondary N) is 1. The van der Waals surface area contributed by atoms with Crippen LogP contribution in [0.25, 0.3) is 0 Å². The Morgan fingerprint density at radius 2 is 2.46 bits per heavy atom. The van der Waals surface area contributed by atoms with Crippen LogP contribution in [0.4, 0.5) is 0 Å². The van der Waals surface area contributed by atoms with E-state index in [2.05, 4.69) is 17.2 Å². The molecule has 2 heterocycles. The second kappa shape index (κ2) is 3.93. The number of hydrogen-bond acceptors (Lipinski definition) is 3. The van der Waals surface area contributed by atoms with Gasteiger partial charge in [0.25, 0.3) is 0 Å². The van der Waals surface area contributed by atoms with Crippen LogP contribution in [-0.4, -0.2) is 24.3 Å². The predicted octanol–water partition coefficient (Wildman–Crippen LogP) is 0.680. The quantitative estimate of drug-likeness (QED) is 0.594. The molecule has 13 heavy (non-hydrogen) atoms. The number of rotatable bonds is 0. The maximum Gasteiger partial charge on any atom is 0.0814 e. The Kier molecular flexibility index (Phi) is 2.65. The number of aliphatic hydroxyl groups is 1. The zero-order chi connectivity index (χ0) is 9.10. The van der Waals surface area contributed by atoms with E-state index in [4.69, 9.17) is 0 Å². The normalized spacial score (nSPS) is 26.8. The van der Waals surface area contributed by atoms with Crippen LogP contribution in [0.2, 0.25) is 0 Å². The minimum atomic E-state index is -0.299. The van der Waals surface area contributed by atoms with E-state index in [9.17, 15) is 5.11 Å². The molecule has 2 N–H and O–H groups in total. The number of aliphatic hydroxyl groups excluding tert-OH is 1. The van der Waals surface area contributed by atoms with Gasteiger partial charge in [0.15, 0.2) is 0 Å². The van der Waals surface area contributed by atoms with Crippen molar-refractivity contribution in [3.8, 4) is 11.8 Å². The molecule has 3 heteroatoms. The highest BCUT2D eigenvalue weighted by atomic mass is 32.1. The molecule has 0 saturated carbocycles. The summed E-state index contributed by atoms with van der Waals surface area (Å²) < 4.78 is 0. The summed E-state index contributed by atoms with van der Waals surface area (Å²) >= 11 is 1.63. The number of β-amino-alcohol motifs (C(OH)–C–C–N with tert-alkyl or cyclic N) is 1. The lowest BCUT2D eigenvalue weighted by Crippen LogP contribution is -2.16. The zero-order valence-electron chi connectivity index (χ0n) is 7.16. The second-order valence-corrected chi connectivity index (χ2v) is 4.03. The molecule has 1 fully saturated rings. The topological polar surface area (TPSA) is 32.3 Å². The Bertz CT molecular complexity index is 322. The lowest BCUT2D eigenvalue weighted by Gasteiger charge is -2.02. The molecule has 0 unspecified atom stereocenters. The third kappa shape index (κ3) is 2.10. The molecule has 0 aromatic carbocycles. The van der Waals surface area contributed by atoms with Crippen molar-refractivity contribution in [2.75, 3.05) is 13.1 Å². The van der Waals surface area contributed by atoms with E-state index >= 15 is 0 Å². The molecule has 0 amide bonds. The van der Waals surface area contributed by atoms with Gasteiger partial charge in [0.1, 0.15) is 0 Å². The molecule has 0 radical (unpaired) electrons. The average Bonchev–Trinajstić information content (AvgIpc) is 2.72. The predicted molar refractivity (Wildman–Crippen MR) is 53.6 cm³/mol. The third-order valence-corrected chi connectivity index (χ3v) is 2.87.